The largest absolute Gasteiger partial charge is 0.493 e. The first-order valence-electron chi connectivity index (χ1n) is 7.93. The van der Waals surface area contributed by atoms with Crippen molar-refractivity contribution < 1.29 is 19.1 Å². The molecule has 0 unspecified atom stereocenters. The van der Waals surface area contributed by atoms with Gasteiger partial charge in [-0.25, -0.2) is 0 Å². The van der Waals surface area contributed by atoms with Crippen LogP contribution in [0.15, 0.2) is 24.3 Å². The Morgan fingerprint density at radius 3 is 2.50 bits per heavy atom. The van der Waals surface area contributed by atoms with Crippen LogP contribution in [0.25, 0.3) is 6.08 Å². The Labute approximate surface area is 143 Å². The second-order valence-corrected chi connectivity index (χ2v) is 5.72. The highest BCUT2D eigenvalue weighted by molar-refractivity contribution is 5.91. The molecule has 0 aromatic heterocycles. The van der Waals surface area contributed by atoms with Gasteiger partial charge in [-0.1, -0.05) is 19.9 Å². The number of rotatable bonds is 9. The topological polar surface area (TPSA) is 76.7 Å². The molecule has 0 aliphatic rings. The first-order valence-corrected chi connectivity index (χ1v) is 7.93. The summed E-state index contributed by atoms with van der Waals surface area (Å²) in [6.45, 7) is 6.99. The van der Waals surface area contributed by atoms with Gasteiger partial charge >= 0.3 is 0 Å². The smallest absolute Gasteiger partial charge is 0.244 e. The monoisotopic (exact) mass is 334 g/mol. The van der Waals surface area contributed by atoms with Crippen molar-refractivity contribution in [3.8, 4) is 11.5 Å². The first-order chi connectivity index (χ1) is 11.4. The molecule has 1 aromatic rings. The van der Waals surface area contributed by atoms with Crippen molar-refractivity contribution in [1.29, 1.82) is 0 Å². The highest BCUT2D eigenvalue weighted by atomic mass is 16.5. The summed E-state index contributed by atoms with van der Waals surface area (Å²) in [5.74, 6) is 1.40. The summed E-state index contributed by atoms with van der Waals surface area (Å²) < 4.78 is 11.0. The van der Waals surface area contributed by atoms with E-state index in [0.29, 0.717) is 37.1 Å². The zero-order valence-electron chi connectivity index (χ0n) is 14.7. The van der Waals surface area contributed by atoms with E-state index in [1.807, 2.05) is 18.2 Å². The molecule has 1 aromatic carbocycles. The number of carbonyl (C=O) groups is 2. The summed E-state index contributed by atoms with van der Waals surface area (Å²) in [5, 5.41) is 5.29. The van der Waals surface area contributed by atoms with Gasteiger partial charge in [-0.3, -0.25) is 9.59 Å². The number of amides is 2. The molecular formula is C18H26N2O4. The molecule has 132 valence electrons. The van der Waals surface area contributed by atoms with E-state index < -0.39 is 0 Å². The molecule has 0 radical (unpaired) electrons. The third-order valence-corrected chi connectivity index (χ3v) is 2.99. The van der Waals surface area contributed by atoms with E-state index in [1.54, 1.807) is 13.2 Å². The molecule has 0 heterocycles. The van der Waals surface area contributed by atoms with E-state index in [-0.39, 0.29) is 11.8 Å². The van der Waals surface area contributed by atoms with Gasteiger partial charge in [-0.2, -0.15) is 0 Å². The molecule has 2 amide bonds. The number of hydrogen-bond donors (Lipinski definition) is 2. The van der Waals surface area contributed by atoms with E-state index in [2.05, 4.69) is 24.5 Å². The Kier molecular flexibility index (Phi) is 8.39. The number of hydrogen-bond acceptors (Lipinski definition) is 4. The van der Waals surface area contributed by atoms with Crippen LogP contribution in [0.3, 0.4) is 0 Å². The van der Waals surface area contributed by atoms with Gasteiger partial charge in [0.2, 0.25) is 11.8 Å². The molecule has 0 spiro atoms. The highest BCUT2D eigenvalue weighted by Crippen LogP contribution is 2.28. The van der Waals surface area contributed by atoms with Crippen molar-refractivity contribution in [3.63, 3.8) is 0 Å². The minimum absolute atomic E-state index is 0.119. The predicted molar refractivity (Wildman–Crippen MR) is 94.1 cm³/mol. The van der Waals surface area contributed by atoms with Crippen LogP contribution in [-0.4, -0.2) is 38.6 Å². The highest BCUT2D eigenvalue weighted by Gasteiger charge is 2.06. The summed E-state index contributed by atoms with van der Waals surface area (Å²) >= 11 is 0. The van der Waals surface area contributed by atoms with Crippen molar-refractivity contribution in [2.45, 2.75) is 20.8 Å². The lowest BCUT2D eigenvalue weighted by Crippen LogP contribution is -2.32. The third-order valence-electron chi connectivity index (χ3n) is 2.99. The molecule has 1 rings (SSSR count). The maximum Gasteiger partial charge on any atom is 0.244 e. The number of benzene rings is 1. The first kappa shape index (κ1) is 19.5. The Bertz CT molecular complexity index is 582. The maximum atomic E-state index is 11.7. The van der Waals surface area contributed by atoms with Gasteiger partial charge in [-0.05, 0) is 29.7 Å². The lowest BCUT2D eigenvalue weighted by atomic mass is 10.2. The van der Waals surface area contributed by atoms with Crippen LogP contribution in [0, 0.1) is 5.92 Å². The average Bonchev–Trinajstić information content (AvgIpc) is 2.55. The normalized spacial score (nSPS) is 10.7. The molecule has 0 saturated heterocycles. The molecule has 24 heavy (non-hydrogen) atoms. The maximum absolute atomic E-state index is 11.7. The number of carbonyl (C=O) groups excluding carboxylic acids is 2. The van der Waals surface area contributed by atoms with Crippen LogP contribution < -0.4 is 20.1 Å². The molecule has 6 heteroatoms. The zero-order chi connectivity index (χ0) is 17.9. The summed E-state index contributed by atoms with van der Waals surface area (Å²) in [7, 11) is 1.58. The average molecular weight is 334 g/mol. The predicted octanol–water partition coefficient (Wildman–Crippen LogP) is 2.00. The summed E-state index contributed by atoms with van der Waals surface area (Å²) in [4.78, 5) is 22.4. The van der Waals surface area contributed by atoms with Crippen LogP contribution in [0.1, 0.15) is 26.3 Å². The molecule has 2 N–H and O–H groups in total. The van der Waals surface area contributed by atoms with Gasteiger partial charge in [0, 0.05) is 26.1 Å². The molecule has 0 atom stereocenters. The molecule has 0 saturated carbocycles. The molecule has 0 aliphatic carbocycles. The fourth-order valence-electron chi connectivity index (χ4n) is 1.82. The van der Waals surface area contributed by atoms with Crippen molar-refractivity contribution >= 4 is 17.9 Å². The van der Waals surface area contributed by atoms with E-state index >= 15 is 0 Å². The standard InChI is InChI=1S/C18H26N2O4/c1-13(2)12-24-16-7-5-15(11-17(16)23-4)6-8-18(22)20-10-9-19-14(3)21/h5-8,11,13H,9-10,12H2,1-4H3,(H,19,21)(H,20,22). The van der Waals surface area contributed by atoms with E-state index in [4.69, 9.17) is 9.47 Å². The Morgan fingerprint density at radius 1 is 1.17 bits per heavy atom. The molecule has 6 nitrogen and oxygen atoms in total. The van der Waals surface area contributed by atoms with Gasteiger partial charge in [0.05, 0.1) is 13.7 Å². The second-order valence-electron chi connectivity index (χ2n) is 5.72. The quantitative estimate of drug-likeness (QED) is 0.535. The fourth-order valence-corrected chi connectivity index (χ4v) is 1.82. The van der Waals surface area contributed by atoms with Crippen LogP contribution in [0.4, 0.5) is 0 Å². The Balaban J connectivity index is 2.57. The van der Waals surface area contributed by atoms with E-state index in [9.17, 15) is 9.59 Å². The lowest BCUT2D eigenvalue weighted by Gasteiger charge is -2.12. The second kappa shape index (κ2) is 10.3. The van der Waals surface area contributed by atoms with Gasteiger partial charge in [-0.15, -0.1) is 0 Å². The minimum Gasteiger partial charge on any atom is -0.493 e. The minimum atomic E-state index is -0.223. The summed E-state index contributed by atoms with van der Waals surface area (Å²) in [5.41, 5.74) is 0.834. The lowest BCUT2D eigenvalue weighted by molar-refractivity contribution is -0.119. The van der Waals surface area contributed by atoms with Gasteiger partial charge in [0.1, 0.15) is 0 Å². The van der Waals surface area contributed by atoms with Crippen LogP contribution in [0.2, 0.25) is 0 Å². The number of ether oxygens (including phenoxy) is 2. The molecule has 0 aliphatic heterocycles. The van der Waals surface area contributed by atoms with Gasteiger partial charge < -0.3 is 20.1 Å². The third kappa shape index (κ3) is 7.67. The fraction of sp³-hybridized carbons (Fsp3) is 0.444. The van der Waals surface area contributed by atoms with Gasteiger partial charge in [0.15, 0.2) is 11.5 Å². The van der Waals surface area contributed by atoms with Crippen LogP contribution in [-0.2, 0) is 9.59 Å². The Morgan fingerprint density at radius 2 is 1.88 bits per heavy atom. The van der Waals surface area contributed by atoms with Crippen molar-refractivity contribution in [3.05, 3.63) is 29.8 Å². The molecule has 0 bridgehead atoms. The number of methoxy groups -OCH3 is 1. The van der Waals surface area contributed by atoms with Crippen LogP contribution >= 0.6 is 0 Å². The van der Waals surface area contributed by atoms with Crippen molar-refractivity contribution in [2.75, 3.05) is 26.8 Å². The SMILES string of the molecule is COc1cc(C=CC(=O)NCCNC(C)=O)ccc1OCC(C)C. The van der Waals surface area contributed by atoms with Gasteiger partial charge in [0.25, 0.3) is 0 Å². The molecule has 0 fully saturated rings. The van der Waals surface area contributed by atoms with E-state index in [1.165, 1.54) is 13.0 Å². The molecular weight excluding hydrogens is 308 g/mol. The van der Waals surface area contributed by atoms with Crippen LogP contribution in [0.5, 0.6) is 11.5 Å². The van der Waals surface area contributed by atoms with Crippen molar-refractivity contribution in [2.24, 2.45) is 5.92 Å². The Hall–Kier alpha value is -2.50. The zero-order valence-corrected chi connectivity index (χ0v) is 14.7. The van der Waals surface area contributed by atoms with Crippen molar-refractivity contribution in [1.82, 2.24) is 10.6 Å². The summed E-state index contributed by atoms with van der Waals surface area (Å²) in [6.07, 6.45) is 3.14. The summed E-state index contributed by atoms with van der Waals surface area (Å²) in [6, 6.07) is 5.51. The van der Waals surface area contributed by atoms with E-state index in [0.717, 1.165) is 5.56 Å². The number of nitrogens with one attached hydrogen (secondary N) is 2.